The Labute approximate surface area is 118 Å². The van der Waals surface area contributed by atoms with Crippen LogP contribution in [0.15, 0.2) is 24.4 Å². The van der Waals surface area contributed by atoms with Gasteiger partial charge in [0, 0.05) is 12.2 Å². The van der Waals surface area contributed by atoms with Crippen LogP contribution in [0.3, 0.4) is 0 Å². The lowest BCUT2D eigenvalue weighted by Crippen LogP contribution is -2.40. The third-order valence-electron chi connectivity index (χ3n) is 2.96. The van der Waals surface area contributed by atoms with Crippen LogP contribution in [0.2, 0.25) is 0 Å². The number of rotatable bonds is 4. The van der Waals surface area contributed by atoms with Gasteiger partial charge < -0.3 is 10.0 Å². The van der Waals surface area contributed by atoms with Crippen molar-refractivity contribution in [1.29, 1.82) is 0 Å². The summed E-state index contributed by atoms with van der Waals surface area (Å²) < 4.78 is 39.4. The molecule has 0 atom stereocenters. The minimum absolute atomic E-state index is 0.180. The molecule has 0 bridgehead atoms. The molecule has 8 heteroatoms. The number of fused-ring (bicyclic) bond motifs is 1. The number of pyridine rings is 1. The number of carboxylic acid groups (broad SMARTS) is 1. The monoisotopic (exact) mass is 301 g/mol. The number of carboxylic acids is 1. The number of halogens is 3. The highest BCUT2D eigenvalue weighted by atomic mass is 19.4. The van der Waals surface area contributed by atoms with Crippen molar-refractivity contribution in [3.05, 3.63) is 30.1 Å². The van der Waals surface area contributed by atoms with E-state index in [1.165, 1.54) is 10.6 Å². The Balaban J connectivity index is 2.62. The Kier molecular flexibility index (Phi) is 3.80. The fourth-order valence-corrected chi connectivity index (χ4v) is 2.08. The van der Waals surface area contributed by atoms with Crippen LogP contribution in [-0.2, 0) is 0 Å². The number of imidazole rings is 1. The molecule has 0 radical (unpaired) electrons. The Morgan fingerprint density at radius 3 is 2.62 bits per heavy atom. The predicted molar refractivity (Wildman–Crippen MR) is 70.7 cm³/mol. The number of aromatic carboxylic acids is 1. The van der Waals surface area contributed by atoms with Crippen molar-refractivity contribution >= 4 is 17.4 Å². The highest BCUT2D eigenvalue weighted by Gasteiger charge is 2.35. The first-order valence-corrected chi connectivity index (χ1v) is 6.24. The molecule has 0 saturated heterocycles. The molecular weight excluding hydrogens is 287 g/mol. The van der Waals surface area contributed by atoms with E-state index in [1.807, 2.05) is 0 Å². The van der Waals surface area contributed by atoms with Crippen molar-refractivity contribution < 1.29 is 23.1 Å². The molecule has 2 aromatic rings. The summed E-state index contributed by atoms with van der Waals surface area (Å²) in [7, 11) is 0. The van der Waals surface area contributed by atoms with Crippen molar-refractivity contribution in [2.45, 2.75) is 26.1 Å². The molecule has 0 unspecified atom stereocenters. The number of hydrogen-bond donors (Lipinski definition) is 1. The van der Waals surface area contributed by atoms with Crippen LogP contribution in [0.1, 0.15) is 24.3 Å². The second-order valence-electron chi connectivity index (χ2n) is 4.85. The van der Waals surface area contributed by atoms with Crippen LogP contribution in [0.4, 0.5) is 19.0 Å². The summed E-state index contributed by atoms with van der Waals surface area (Å²) in [6.07, 6.45) is -2.99. The van der Waals surface area contributed by atoms with Crippen molar-refractivity contribution in [2.24, 2.45) is 0 Å². The van der Waals surface area contributed by atoms with Crippen LogP contribution in [0.5, 0.6) is 0 Å². The second-order valence-corrected chi connectivity index (χ2v) is 4.85. The average molecular weight is 301 g/mol. The van der Waals surface area contributed by atoms with Crippen molar-refractivity contribution in [3.63, 3.8) is 0 Å². The molecule has 0 aromatic carbocycles. The van der Waals surface area contributed by atoms with Crippen LogP contribution in [-0.4, -0.2) is 39.2 Å². The summed E-state index contributed by atoms with van der Waals surface area (Å²) in [5.41, 5.74) is 0.0151. The molecule has 0 amide bonds. The maximum absolute atomic E-state index is 12.7. The Bertz CT molecular complexity index is 664. The number of aromatic nitrogens is 2. The fourth-order valence-electron chi connectivity index (χ4n) is 2.08. The molecule has 0 saturated carbocycles. The van der Waals surface area contributed by atoms with E-state index < -0.39 is 24.7 Å². The van der Waals surface area contributed by atoms with E-state index in [0.717, 1.165) is 4.90 Å². The van der Waals surface area contributed by atoms with Crippen LogP contribution < -0.4 is 4.90 Å². The molecule has 2 heterocycles. The number of carbonyl (C=O) groups is 1. The second kappa shape index (κ2) is 5.27. The normalized spacial score (nSPS) is 12.1. The van der Waals surface area contributed by atoms with Gasteiger partial charge in [-0.3, -0.25) is 4.40 Å². The van der Waals surface area contributed by atoms with E-state index in [0.29, 0.717) is 0 Å². The Morgan fingerprint density at radius 2 is 2.10 bits per heavy atom. The van der Waals surface area contributed by atoms with Crippen molar-refractivity contribution in [3.8, 4) is 0 Å². The number of nitrogens with zero attached hydrogens (tertiary/aromatic N) is 3. The summed E-state index contributed by atoms with van der Waals surface area (Å²) in [5.74, 6) is -1.50. The maximum Gasteiger partial charge on any atom is 0.405 e. The van der Waals surface area contributed by atoms with Gasteiger partial charge in [-0.15, -0.1) is 0 Å². The van der Waals surface area contributed by atoms with E-state index in [4.69, 9.17) is 0 Å². The van der Waals surface area contributed by atoms with Gasteiger partial charge in [-0.05, 0) is 26.0 Å². The molecule has 21 heavy (non-hydrogen) atoms. The lowest BCUT2D eigenvalue weighted by Gasteiger charge is -2.28. The quantitative estimate of drug-likeness (QED) is 0.943. The minimum Gasteiger partial charge on any atom is -0.476 e. The van der Waals surface area contributed by atoms with Gasteiger partial charge in [0.05, 0.1) is 0 Å². The first kappa shape index (κ1) is 15.1. The Hall–Kier alpha value is -2.25. The molecule has 0 spiro atoms. The largest absolute Gasteiger partial charge is 0.476 e. The third-order valence-corrected chi connectivity index (χ3v) is 2.96. The molecule has 0 aliphatic carbocycles. The minimum atomic E-state index is -4.45. The SMILES string of the molecule is CC(C)N(CC(F)(F)F)c1nc2ccccn2c1C(=O)O. The number of alkyl halides is 3. The maximum atomic E-state index is 12.7. The molecular formula is C13H14F3N3O2. The predicted octanol–water partition coefficient (Wildman–Crippen LogP) is 2.81. The topological polar surface area (TPSA) is 57.8 Å². The van der Waals surface area contributed by atoms with E-state index >= 15 is 0 Å². The summed E-state index contributed by atoms with van der Waals surface area (Å²) in [6.45, 7) is 1.86. The van der Waals surface area contributed by atoms with Crippen LogP contribution in [0, 0.1) is 0 Å². The standard InChI is InChI=1S/C13H14F3N3O2/c1-8(2)19(7-13(14,15)16)11-10(12(20)21)18-6-4-3-5-9(18)17-11/h3-6,8H,7H2,1-2H3,(H,20,21). The lowest BCUT2D eigenvalue weighted by atomic mass is 10.3. The molecule has 1 N–H and O–H groups in total. The van der Waals surface area contributed by atoms with E-state index in [-0.39, 0.29) is 17.2 Å². The van der Waals surface area contributed by atoms with Gasteiger partial charge in [0.1, 0.15) is 12.2 Å². The van der Waals surface area contributed by atoms with Gasteiger partial charge in [0.25, 0.3) is 0 Å². The van der Waals surface area contributed by atoms with E-state index in [9.17, 15) is 23.1 Å². The molecule has 0 aliphatic heterocycles. The van der Waals surface area contributed by atoms with E-state index in [1.54, 1.807) is 32.0 Å². The zero-order chi connectivity index (χ0) is 15.8. The molecule has 114 valence electrons. The zero-order valence-corrected chi connectivity index (χ0v) is 11.4. The summed E-state index contributed by atoms with van der Waals surface area (Å²) >= 11 is 0. The fraction of sp³-hybridized carbons (Fsp3) is 0.385. The summed E-state index contributed by atoms with van der Waals surface area (Å²) in [5, 5.41) is 9.31. The van der Waals surface area contributed by atoms with Crippen LogP contribution >= 0.6 is 0 Å². The number of hydrogen-bond acceptors (Lipinski definition) is 3. The van der Waals surface area contributed by atoms with Crippen molar-refractivity contribution in [2.75, 3.05) is 11.4 Å². The van der Waals surface area contributed by atoms with Gasteiger partial charge in [0.2, 0.25) is 0 Å². The van der Waals surface area contributed by atoms with Gasteiger partial charge in [-0.1, -0.05) is 6.07 Å². The molecule has 2 aromatic heterocycles. The summed E-state index contributed by atoms with van der Waals surface area (Å²) in [6, 6.07) is 4.23. The highest BCUT2D eigenvalue weighted by Crippen LogP contribution is 2.27. The van der Waals surface area contributed by atoms with Gasteiger partial charge in [0.15, 0.2) is 11.5 Å². The smallest absolute Gasteiger partial charge is 0.405 e. The molecule has 5 nitrogen and oxygen atoms in total. The first-order chi connectivity index (χ1) is 9.70. The van der Waals surface area contributed by atoms with Crippen molar-refractivity contribution in [1.82, 2.24) is 9.38 Å². The molecule has 2 rings (SSSR count). The van der Waals surface area contributed by atoms with Crippen LogP contribution in [0.25, 0.3) is 5.65 Å². The molecule has 0 fully saturated rings. The van der Waals surface area contributed by atoms with Gasteiger partial charge in [-0.25, -0.2) is 9.78 Å². The highest BCUT2D eigenvalue weighted by molar-refractivity contribution is 5.93. The van der Waals surface area contributed by atoms with Gasteiger partial charge in [-0.2, -0.15) is 13.2 Å². The average Bonchev–Trinajstić information content (AvgIpc) is 2.73. The summed E-state index contributed by atoms with van der Waals surface area (Å²) in [4.78, 5) is 16.4. The van der Waals surface area contributed by atoms with Gasteiger partial charge >= 0.3 is 12.1 Å². The zero-order valence-electron chi connectivity index (χ0n) is 11.4. The number of anilines is 1. The third kappa shape index (κ3) is 3.09. The molecule has 0 aliphatic rings. The Morgan fingerprint density at radius 1 is 1.43 bits per heavy atom. The lowest BCUT2D eigenvalue weighted by molar-refractivity contribution is -0.120. The van der Waals surface area contributed by atoms with E-state index in [2.05, 4.69) is 4.98 Å². The first-order valence-electron chi connectivity index (χ1n) is 6.24.